The summed E-state index contributed by atoms with van der Waals surface area (Å²) in [5.74, 6) is 0.867. The fourth-order valence-electron chi connectivity index (χ4n) is 1.78. The second-order valence-electron chi connectivity index (χ2n) is 4.38. The lowest BCUT2D eigenvalue weighted by Crippen LogP contribution is -2.14. The highest BCUT2D eigenvalue weighted by Gasteiger charge is 2.17. The second-order valence-corrected chi connectivity index (χ2v) is 5.91. The number of hydrogen-bond donors (Lipinski definition) is 2. The number of aromatic nitrogens is 1. The molecule has 0 saturated carbocycles. The molecule has 2 rings (SSSR count). The minimum atomic E-state index is -3.86. The highest BCUT2D eigenvalue weighted by Crippen LogP contribution is 2.32. The van der Waals surface area contributed by atoms with E-state index in [1.54, 1.807) is 38.2 Å². The second kappa shape index (κ2) is 5.10. The number of ether oxygens (including phenoxy) is 1. The number of sulfonamides is 1. The third-order valence-corrected chi connectivity index (χ3v) is 3.86. The number of pyridine rings is 1. The molecule has 0 unspecified atom stereocenters. The van der Waals surface area contributed by atoms with Gasteiger partial charge in [-0.3, -0.25) is 4.98 Å². The molecule has 7 heteroatoms. The number of hydrogen-bond acceptors (Lipinski definition) is 5. The Hall–Kier alpha value is -2.12. The SMILES string of the molecule is Cc1ncccc1Oc1cc(N)cc(S(N)(=O)=O)c1C. The zero-order valence-corrected chi connectivity index (χ0v) is 11.9. The van der Waals surface area contributed by atoms with Gasteiger partial charge in [0.25, 0.3) is 0 Å². The Kier molecular flexibility index (Phi) is 3.65. The van der Waals surface area contributed by atoms with Gasteiger partial charge in [-0.15, -0.1) is 0 Å². The van der Waals surface area contributed by atoms with Crippen molar-refractivity contribution in [2.24, 2.45) is 5.14 Å². The first-order valence-electron chi connectivity index (χ1n) is 5.81. The van der Waals surface area contributed by atoms with Gasteiger partial charge in [0.15, 0.2) is 0 Å². The summed E-state index contributed by atoms with van der Waals surface area (Å²) in [6, 6.07) is 6.33. The van der Waals surface area contributed by atoms with Gasteiger partial charge in [-0.25, -0.2) is 13.6 Å². The van der Waals surface area contributed by atoms with E-state index in [4.69, 9.17) is 15.6 Å². The maximum atomic E-state index is 11.5. The van der Waals surface area contributed by atoms with E-state index in [0.717, 1.165) is 0 Å². The monoisotopic (exact) mass is 293 g/mol. The fourth-order valence-corrected chi connectivity index (χ4v) is 2.61. The van der Waals surface area contributed by atoms with E-state index in [0.29, 0.717) is 22.8 Å². The van der Waals surface area contributed by atoms with Crippen LogP contribution < -0.4 is 15.6 Å². The molecule has 1 aromatic carbocycles. The summed E-state index contributed by atoms with van der Waals surface area (Å²) < 4.78 is 28.8. The summed E-state index contributed by atoms with van der Waals surface area (Å²) in [6.45, 7) is 3.40. The van der Waals surface area contributed by atoms with E-state index < -0.39 is 10.0 Å². The van der Waals surface area contributed by atoms with Gasteiger partial charge >= 0.3 is 0 Å². The minimum Gasteiger partial charge on any atom is -0.455 e. The molecule has 0 bridgehead atoms. The van der Waals surface area contributed by atoms with Crippen LogP contribution in [0.2, 0.25) is 0 Å². The van der Waals surface area contributed by atoms with Crippen LogP contribution in [-0.4, -0.2) is 13.4 Å². The first-order chi connectivity index (χ1) is 9.29. The largest absolute Gasteiger partial charge is 0.455 e. The van der Waals surface area contributed by atoms with Crippen molar-refractivity contribution in [3.05, 3.63) is 41.7 Å². The van der Waals surface area contributed by atoms with Crippen molar-refractivity contribution < 1.29 is 13.2 Å². The zero-order chi connectivity index (χ0) is 14.9. The molecule has 0 saturated heterocycles. The van der Waals surface area contributed by atoms with Crippen LogP contribution in [0.25, 0.3) is 0 Å². The molecule has 0 spiro atoms. The predicted molar refractivity (Wildman–Crippen MR) is 76.0 cm³/mol. The van der Waals surface area contributed by atoms with Crippen molar-refractivity contribution in [1.29, 1.82) is 0 Å². The van der Waals surface area contributed by atoms with Gasteiger partial charge in [0.2, 0.25) is 10.0 Å². The highest BCUT2D eigenvalue weighted by molar-refractivity contribution is 7.89. The maximum absolute atomic E-state index is 11.5. The molecular formula is C13H15N3O3S. The Morgan fingerprint density at radius 1 is 1.20 bits per heavy atom. The van der Waals surface area contributed by atoms with E-state index in [2.05, 4.69) is 4.98 Å². The van der Waals surface area contributed by atoms with Crippen LogP contribution in [0.15, 0.2) is 35.4 Å². The average molecular weight is 293 g/mol. The van der Waals surface area contributed by atoms with Gasteiger partial charge in [-0.2, -0.15) is 0 Å². The lowest BCUT2D eigenvalue weighted by atomic mass is 10.2. The van der Waals surface area contributed by atoms with Crippen LogP contribution in [0, 0.1) is 13.8 Å². The van der Waals surface area contributed by atoms with Crippen LogP contribution >= 0.6 is 0 Å². The zero-order valence-electron chi connectivity index (χ0n) is 11.1. The number of nitrogens with zero attached hydrogens (tertiary/aromatic N) is 1. The number of rotatable bonds is 3. The molecule has 2 aromatic rings. The molecule has 0 aliphatic heterocycles. The maximum Gasteiger partial charge on any atom is 0.238 e. The summed E-state index contributed by atoms with van der Waals surface area (Å²) >= 11 is 0. The Morgan fingerprint density at radius 3 is 2.50 bits per heavy atom. The van der Waals surface area contributed by atoms with Gasteiger partial charge in [0, 0.05) is 23.5 Å². The number of aryl methyl sites for hydroxylation is 1. The van der Waals surface area contributed by atoms with Crippen molar-refractivity contribution in [3.8, 4) is 11.5 Å². The highest BCUT2D eigenvalue weighted by atomic mass is 32.2. The van der Waals surface area contributed by atoms with Gasteiger partial charge in [-0.05, 0) is 32.0 Å². The standard InChI is InChI=1S/C13H15N3O3S/c1-8-12(19-11-4-3-5-16-9(11)2)6-10(14)7-13(8)20(15,17)18/h3-7H,14H2,1-2H3,(H2,15,17,18). The summed E-state index contributed by atoms with van der Waals surface area (Å²) in [6.07, 6.45) is 1.64. The lowest BCUT2D eigenvalue weighted by molar-refractivity contribution is 0.470. The van der Waals surface area contributed by atoms with Crippen molar-refractivity contribution in [2.45, 2.75) is 18.7 Å². The molecule has 0 atom stereocenters. The van der Waals surface area contributed by atoms with Gasteiger partial charge in [-0.1, -0.05) is 0 Å². The van der Waals surface area contributed by atoms with Gasteiger partial charge in [0.05, 0.1) is 10.6 Å². The molecule has 1 aromatic heterocycles. The molecule has 6 nitrogen and oxygen atoms in total. The topological polar surface area (TPSA) is 108 Å². The summed E-state index contributed by atoms with van der Waals surface area (Å²) in [5, 5.41) is 5.17. The molecule has 0 radical (unpaired) electrons. The van der Waals surface area contributed by atoms with Crippen LogP contribution in [0.3, 0.4) is 0 Å². The summed E-state index contributed by atoms with van der Waals surface area (Å²) in [4.78, 5) is 4.05. The summed E-state index contributed by atoms with van der Waals surface area (Å²) in [7, 11) is -3.86. The summed E-state index contributed by atoms with van der Waals surface area (Å²) in [5.41, 5.74) is 7.06. The van der Waals surface area contributed by atoms with E-state index in [1.165, 1.54) is 6.07 Å². The molecule has 106 valence electrons. The third kappa shape index (κ3) is 2.89. The predicted octanol–water partition coefficient (Wildman–Crippen LogP) is 1.72. The quantitative estimate of drug-likeness (QED) is 0.837. The Balaban J connectivity index is 2.54. The van der Waals surface area contributed by atoms with Crippen LogP contribution in [-0.2, 0) is 10.0 Å². The molecule has 0 amide bonds. The average Bonchev–Trinajstić information content (AvgIpc) is 2.34. The molecule has 1 heterocycles. The number of anilines is 1. The number of nitrogen functional groups attached to an aromatic ring is 1. The Bertz CT molecular complexity index is 757. The number of benzene rings is 1. The molecule has 4 N–H and O–H groups in total. The molecule has 0 fully saturated rings. The van der Waals surface area contributed by atoms with Crippen molar-refractivity contribution in [1.82, 2.24) is 4.98 Å². The van der Waals surface area contributed by atoms with Gasteiger partial charge < -0.3 is 10.5 Å². The normalized spacial score (nSPS) is 11.3. The minimum absolute atomic E-state index is 0.0472. The fraction of sp³-hybridized carbons (Fsp3) is 0.154. The van der Waals surface area contributed by atoms with Crippen LogP contribution in [0.4, 0.5) is 5.69 Å². The van der Waals surface area contributed by atoms with E-state index >= 15 is 0 Å². The smallest absolute Gasteiger partial charge is 0.238 e. The first kappa shape index (κ1) is 14.3. The van der Waals surface area contributed by atoms with Crippen molar-refractivity contribution >= 4 is 15.7 Å². The lowest BCUT2D eigenvalue weighted by Gasteiger charge is -2.13. The van der Waals surface area contributed by atoms with E-state index in [9.17, 15) is 8.42 Å². The van der Waals surface area contributed by atoms with Crippen LogP contribution in [0.1, 0.15) is 11.3 Å². The van der Waals surface area contributed by atoms with Crippen molar-refractivity contribution in [2.75, 3.05) is 5.73 Å². The van der Waals surface area contributed by atoms with Gasteiger partial charge in [0.1, 0.15) is 11.5 Å². The molecule has 0 aliphatic carbocycles. The molecule has 20 heavy (non-hydrogen) atoms. The Morgan fingerprint density at radius 2 is 1.90 bits per heavy atom. The van der Waals surface area contributed by atoms with Crippen molar-refractivity contribution in [3.63, 3.8) is 0 Å². The van der Waals surface area contributed by atoms with Crippen LogP contribution in [0.5, 0.6) is 11.5 Å². The van der Waals surface area contributed by atoms with E-state index in [-0.39, 0.29) is 10.6 Å². The first-order valence-corrected chi connectivity index (χ1v) is 7.36. The third-order valence-electron chi connectivity index (χ3n) is 2.82. The Labute approximate surface area is 117 Å². The number of primary sulfonamides is 1. The molecular weight excluding hydrogens is 278 g/mol. The number of nitrogens with two attached hydrogens (primary N) is 2. The molecule has 0 aliphatic rings. The van der Waals surface area contributed by atoms with E-state index in [1.807, 2.05) is 0 Å².